The van der Waals surface area contributed by atoms with Crippen LogP contribution in [0.1, 0.15) is 51.4 Å². The molecule has 2 nitrogen and oxygen atoms in total. The minimum Gasteiger partial charge on any atom is -0.496 e. The predicted octanol–water partition coefficient (Wildman–Crippen LogP) is 8.12. The molecule has 0 N–H and O–H groups in total. The smallest absolute Gasteiger partial charge is 0.127 e. The first-order valence-electron chi connectivity index (χ1n) is 14.8. The topological polar surface area (TPSA) is 18.5 Å². The zero-order chi connectivity index (χ0) is 27.3. The predicted molar refractivity (Wildman–Crippen MR) is 175 cm³/mol. The van der Waals surface area contributed by atoms with Crippen molar-refractivity contribution in [2.24, 2.45) is 0 Å². The number of benzene rings is 4. The van der Waals surface area contributed by atoms with Crippen molar-refractivity contribution in [2.75, 3.05) is 14.2 Å². The number of hydrogen-bond acceptors (Lipinski definition) is 2. The summed E-state index contributed by atoms with van der Waals surface area (Å²) in [7, 11) is 2.54. The zero-order valence-corrected chi connectivity index (χ0v) is 25.5. The first-order chi connectivity index (χ1) is 19.8. The molecule has 206 valence electrons. The molecule has 2 aliphatic carbocycles. The van der Waals surface area contributed by atoms with Gasteiger partial charge in [-0.3, -0.25) is 0 Å². The fourth-order valence-corrected chi connectivity index (χ4v) is 13.4. The summed E-state index contributed by atoms with van der Waals surface area (Å²) in [6.45, 7) is 0. The quantitative estimate of drug-likeness (QED) is 0.191. The van der Waals surface area contributed by atoms with Gasteiger partial charge in [0.1, 0.15) is 11.5 Å². The molecule has 4 aromatic rings. The molecule has 2 saturated carbocycles. The summed E-state index contributed by atoms with van der Waals surface area (Å²) in [5.74, 6) is 1.92. The Labute approximate surface area is 242 Å². The van der Waals surface area contributed by atoms with Crippen LogP contribution >= 0.6 is 15.8 Å². The average molecular weight is 567 g/mol. The average Bonchev–Trinajstić information content (AvgIpc) is 3.74. The van der Waals surface area contributed by atoms with E-state index < -0.39 is 7.92 Å². The highest BCUT2D eigenvalue weighted by molar-refractivity contribution is 7.80. The van der Waals surface area contributed by atoms with Gasteiger partial charge in [-0.2, -0.15) is 0 Å². The van der Waals surface area contributed by atoms with E-state index in [0.717, 1.165) is 22.8 Å². The van der Waals surface area contributed by atoms with Gasteiger partial charge in [-0.1, -0.05) is 119 Å². The van der Waals surface area contributed by atoms with Crippen molar-refractivity contribution in [3.05, 3.63) is 97.1 Å². The van der Waals surface area contributed by atoms with Crippen molar-refractivity contribution in [3.63, 3.8) is 0 Å². The fourth-order valence-electron chi connectivity index (χ4n) is 6.92. The van der Waals surface area contributed by atoms with E-state index in [1.165, 1.54) is 83.7 Å². The van der Waals surface area contributed by atoms with E-state index in [2.05, 4.69) is 97.1 Å². The molecule has 0 atom stereocenters. The molecular formula is C36H40O2P2. The Bertz CT molecular complexity index is 1340. The van der Waals surface area contributed by atoms with E-state index in [0.29, 0.717) is 0 Å². The molecule has 40 heavy (non-hydrogen) atoms. The summed E-state index contributed by atoms with van der Waals surface area (Å²) in [5.41, 5.74) is 4.13. The molecule has 0 spiro atoms. The third-order valence-electron chi connectivity index (χ3n) is 8.68. The van der Waals surface area contributed by atoms with E-state index in [1.54, 1.807) is 0 Å². The fraction of sp³-hybridized carbons (Fsp3) is 0.333. The SMILES string of the molecule is COc1cccc(P(c2ccccc2)c2ccccc2)c1-c1c(OC)cccc1P(C1CCCC1)C1CCCC1. The van der Waals surface area contributed by atoms with Gasteiger partial charge >= 0.3 is 0 Å². The van der Waals surface area contributed by atoms with Crippen LogP contribution in [0.2, 0.25) is 0 Å². The lowest BCUT2D eigenvalue weighted by atomic mass is 10.0. The Morgan fingerprint density at radius 2 is 0.925 bits per heavy atom. The molecule has 0 aliphatic heterocycles. The van der Waals surface area contributed by atoms with Crippen molar-refractivity contribution in [3.8, 4) is 22.6 Å². The van der Waals surface area contributed by atoms with Gasteiger partial charge in [-0.05, 0) is 78.3 Å². The third kappa shape index (κ3) is 5.46. The van der Waals surface area contributed by atoms with Crippen LogP contribution < -0.4 is 30.7 Å². The van der Waals surface area contributed by atoms with Gasteiger partial charge in [0.05, 0.1) is 14.2 Å². The van der Waals surface area contributed by atoms with Crippen molar-refractivity contribution in [1.82, 2.24) is 0 Å². The largest absolute Gasteiger partial charge is 0.496 e. The van der Waals surface area contributed by atoms with Crippen molar-refractivity contribution >= 4 is 37.1 Å². The summed E-state index contributed by atoms with van der Waals surface area (Å²) in [6.07, 6.45) is 11.0. The number of methoxy groups -OCH3 is 2. The minimum atomic E-state index is -0.810. The van der Waals surface area contributed by atoms with Gasteiger partial charge in [0.25, 0.3) is 0 Å². The molecule has 0 heterocycles. The maximum absolute atomic E-state index is 6.22. The number of ether oxygens (including phenoxy) is 2. The van der Waals surface area contributed by atoms with Crippen LogP contribution in [-0.4, -0.2) is 25.5 Å². The lowest BCUT2D eigenvalue weighted by Gasteiger charge is -2.34. The normalized spacial score (nSPS) is 16.2. The molecule has 6 rings (SSSR count). The van der Waals surface area contributed by atoms with Crippen LogP contribution in [0.25, 0.3) is 11.1 Å². The number of hydrogen-bond donors (Lipinski definition) is 0. The van der Waals surface area contributed by atoms with Gasteiger partial charge in [0.2, 0.25) is 0 Å². The molecule has 0 radical (unpaired) electrons. The van der Waals surface area contributed by atoms with Crippen LogP contribution in [0.3, 0.4) is 0 Å². The van der Waals surface area contributed by atoms with Crippen LogP contribution in [0.15, 0.2) is 97.1 Å². The highest BCUT2D eigenvalue weighted by Gasteiger charge is 2.37. The maximum Gasteiger partial charge on any atom is 0.127 e. The summed E-state index contributed by atoms with van der Waals surface area (Å²) >= 11 is 0. The highest BCUT2D eigenvalue weighted by Crippen LogP contribution is 2.58. The van der Waals surface area contributed by atoms with E-state index >= 15 is 0 Å². The Hall–Kier alpha value is -2.66. The lowest BCUT2D eigenvalue weighted by molar-refractivity contribution is 0.411. The van der Waals surface area contributed by atoms with E-state index in [9.17, 15) is 0 Å². The van der Waals surface area contributed by atoms with E-state index in [4.69, 9.17) is 9.47 Å². The first kappa shape index (κ1) is 27.5. The molecule has 4 heteroatoms. The Morgan fingerprint density at radius 1 is 0.500 bits per heavy atom. The third-order valence-corrected chi connectivity index (χ3v) is 14.7. The van der Waals surface area contributed by atoms with Crippen LogP contribution in [-0.2, 0) is 0 Å². The molecule has 0 saturated heterocycles. The molecule has 2 fully saturated rings. The highest BCUT2D eigenvalue weighted by atomic mass is 31.1. The van der Waals surface area contributed by atoms with Gasteiger partial charge in [-0.15, -0.1) is 0 Å². The van der Waals surface area contributed by atoms with Crippen LogP contribution in [0.4, 0.5) is 0 Å². The van der Waals surface area contributed by atoms with Crippen molar-refractivity contribution in [1.29, 1.82) is 0 Å². The van der Waals surface area contributed by atoms with Crippen molar-refractivity contribution < 1.29 is 9.47 Å². The van der Waals surface area contributed by atoms with Gasteiger partial charge in [0, 0.05) is 11.1 Å². The summed E-state index contributed by atoms with van der Waals surface area (Å²) < 4.78 is 12.4. The Morgan fingerprint density at radius 3 is 1.38 bits per heavy atom. The molecule has 0 bridgehead atoms. The second-order valence-corrected chi connectivity index (χ2v) is 15.9. The second kappa shape index (κ2) is 12.9. The maximum atomic E-state index is 6.22. The monoisotopic (exact) mass is 566 g/mol. The minimum absolute atomic E-state index is 0.310. The molecule has 4 aromatic carbocycles. The molecule has 0 unspecified atom stereocenters. The van der Waals surface area contributed by atoms with Gasteiger partial charge in [0.15, 0.2) is 0 Å². The molecular weight excluding hydrogens is 526 g/mol. The molecule has 0 amide bonds. The first-order valence-corrected chi connectivity index (χ1v) is 17.6. The van der Waals surface area contributed by atoms with Crippen molar-refractivity contribution in [2.45, 2.75) is 62.7 Å². The van der Waals surface area contributed by atoms with Crippen LogP contribution in [0, 0.1) is 0 Å². The second-order valence-electron chi connectivity index (χ2n) is 11.0. The van der Waals surface area contributed by atoms with Gasteiger partial charge < -0.3 is 9.47 Å². The Balaban J connectivity index is 1.62. The van der Waals surface area contributed by atoms with E-state index in [-0.39, 0.29) is 7.92 Å². The summed E-state index contributed by atoms with van der Waals surface area (Å²) in [6, 6.07) is 35.6. The number of rotatable bonds is 9. The zero-order valence-electron chi connectivity index (χ0n) is 23.8. The standard InChI is InChI=1S/C36H40O2P2/c1-37-31-23-13-25-33(39(27-15-5-3-6-16-27)28-17-7-4-8-18-28)35(31)36-32(38-2)24-14-26-34(36)40(29-19-9-10-20-29)30-21-11-12-22-30/h3-8,13-18,23-26,29-30H,9-12,19-22H2,1-2H3. The molecule has 0 aromatic heterocycles. The van der Waals surface area contributed by atoms with E-state index in [1.807, 2.05) is 14.2 Å². The van der Waals surface area contributed by atoms with Crippen LogP contribution in [0.5, 0.6) is 11.5 Å². The lowest BCUT2D eigenvalue weighted by Crippen LogP contribution is -2.26. The summed E-state index contributed by atoms with van der Waals surface area (Å²) in [4.78, 5) is 0. The summed E-state index contributed by atoms with van der Waals surface area (Å²) in [5, 5.41) is 5.58. The van der Waals surface area contributed by atoms with Gasteiger partial charge in [-0.25, -0.2) is 0 Å². The molecule has 2 aliphatic rings. The Kier molecular flexibility index (Phi) is 8.86.